The molecule has 0 aromatic carbocycles. The van der Waals surface area contributed by atoms with Gasteiger partial charge in [-0.1, -0.05) is 27.2 Å². The van der Waals surface area contributed by atoms with Crippen molar-refractivity contribution >= 4 is 5.97 Å². The van der Waals surface area contributed by atoms with Crippen molar-refractivity contribution in [2.75, 3.05) is 0 Å². The van der Waals surface area contributed by atoms with Crippen LogP contribution >= 0.6 is 0 Å². The lowest BCUT2D eigenvalue weighted by Gasteiger charge is -2.49. The highest BCUT2D eigenvalue weighted by Gasteiger charge is 2.50. The number of hydrogen-bond donors (Lipinski definition) is 1. The molecule has 2 atom stereocenters. The van der Waals surface area contributed by atoms with Gasteiger partial charge in [-0.3, -0.25) is 4.79 Å². The zero-order chi connectivity index (χ0) is 8.65. The van der Waals surface area contributed by atoms with Crippen molar-refractivity contribution < 1.29 is 9.90 Å². The molecule has 0 radical (unpaired) electrons. The summed E-state index contributed by atoms with van der Waals surface area (Å²) in [5.41, 5.74) is 0.0284. The monoisotopic (exact) mass is 156 g/mol. The zero-order valence-electron chi connectivity index (χ0n) is 7.42. The van der Waals surface area contributed by atoms with Crippen molar-refractivity contribution in [3.05, 3.63) is 0 Å². The first-order valence-electron chi connectivity index (χ1n) is 4.23. The maximum atomic E-state index is 10.7. The van der Waals surface area contributed by atoms with Crippen molar-refractivity contribution in [3.63, 3.8) is 0 Å². The van der Waals surface area contributed by atoms with Gasteiger partial charge in [-0.2, -0.15) is 0 Å². The first-order valence-corrected chi connectivity index (χ1v) is 4.23. The van der Waals surface area contributed by atoms with Crippen molar-refractivity contribution in [2.24, 2.45) is 17.3 Å². The lowest BCUT2D eigenvalue weighted by molar-refractivity contribution is -0.158. The van der Waals surface area contributed by atoms with E-state index in [9.17, 15) is 4.79 Å². The van der Waals surface area contributed by atoms with Gasteiger partial charge >= 0.3 is 5.97 Å². The van der Waals surface area contributed by atoms with E-state index < -0.39 is 5.97 Å². The number of aliphatic carboxylic acids is 1. The Bertz CT molecular complexity index is 172. The van der Waals surface area contributed by atoms with Gasteiger partial charge in [-0.15, -0.1) is 0 Å². The third-order valence-corrected chi connectivity index (χ3v) is 3.26. The van der Waals surface area contributed by atoms with Crippen molar-refractivity contribution in [3.8, 4) is 0 Å². The van der Waals surface area contributed by atoms with E-state index in [1.807, 2.05) is 0 Å². The molecule has 64 valence electrons. The largest absolute Gasteiger partial charge is 0.481 e. The molecule has 1 N–H and O–H groups in total. The maximum Gasteiger partial charge on any atom is 0.307 e. The molecule has 0 saturated heterocycles. The predicted octanol–water partition coefficient (Wildman–Crippen LogP) is 2.14. The van der Waals surface area contributed by atoms with Crippen LogP contribution in [0.4, 0.5) is 0 Å². The van der Waals surface area contributed by atoms with E-state index in [4.69, 9.17) is 5.11 Å². The number of carboxylic acid groups (broad SMARTS) is 1. The molecule has 1 rings (SSSR count). The molecule has 0 heterocycles. The second-order valence-corrected chi connectivity index (χ2v) is 4.05. The van der Waals surface area contributed by atoms with Gasteiger partial charge < -0.3 is 5.11 Å². The summed E-state index contributed by atoms with van der Waals surface area (Å²) in [5, 5.41) is 8.78. The molecule has 2 heteroatoms. The van der Waals surface area contributed by atoms with Crippen LogP contribution in [-0.4, -0.2) is 11.1 Å². The van der Waals surface area contributed by atoms with Gasteiger partial charge in [-0.05, 0) is 17.8 Å². The van der Waals surface area contributed by atoms with Crippen LogP contribution in [0.2, 0.25) is 0 Å². The van der Waals surface area contributed by atoms with E-state index in [2.05, 4.69) is 20.8 Å². The Hall–Kier alpha value is -0.530. The van der Waals surface area contributed by atoms with Gasteiger partial charge in [-0.25, -0.2) is 0 Å². The van der Waals surface area contributed by atoms with E-state index in [-0.39, 0.29) is 11.3 Å². The molecular formula is C9H16O2. The lowest BCUT2D eigenvalue weighted by Crippen LogP contribution is -2.48. The Kier molecular flexibility index (Phi) is 1.95. The van der Waals surface area contributed by atoms with Gasteiger partial charge in [0.1, 0.15) is 0 Å². The van der Waals surface area contributed by atoms with E-state index in [0.717, 1.165) is 12.8 Å². The molecule has 0 bridgehead atoms. The average molecular weight is 156 g/mol. The normalized spacial score (nSPS) is 34.5. The molecule has 11 heavy (non-hydrogen) atoms. The summed E-state index contributed by atoms with van der Waals surface area (Å²) in [5.74, 6) is -0.115. The van der Waals surface area contributed by atoms with E-state index in [1.165, 1.54) is 0 Å². The molecule has 1 aliphatic rings. The lowest BCUT2D eigenvalue weighted by atomic mass is 9.54. The number of carbonyl (C=O) groups is 1. The molecule has 0 aromatic rings. The molecule has 0 amide bonds. The van der Waals surface area contributed by atoms with E-state index >= 15 is 0 Å². The van der Waals surface area contributed by atoms with Gasteiger partial charge in [0, 0.05) is 0 Å². The summed E-state index contributed by atoms with van der Waals surface area (Å²) in [6, 6.07) is 0. The minimum atomic E-state index is -0.625. The van der Waals surface area contributed by atoms with Crippen LogP contribution in [0.25, 0.3) is 0 Å². The van der Waals surface area contributed by atoms with Crippen LogP contribution in [0, 0.1) is 17.3 Å². The minimum absolute atomic E-state index is 0.0284. The molecule has 1 fully saturated rings. The smallest absolute Gasteiger partial charge is 0.307 e. The zero-order valence-corrected chi connectivity index (χ0v) is 7.42. The molecule has 1 saturated carbocycles. The SMILES string of the molecule is CC[C@@H]1C[C@H](C(=O)O)C1(C)C. The molecule has 0 spiro atoms. The summed E-state index contributed by atoms with van der Waals surface area (Å²) >= 11 is 0. The Balaban J connectivity index is 2.61. The Labute approximate surface area is 67.6 Å². The van der Waals surface area contributed by atoms with Crippen LogP contribution in [0.3, 0.4) is 0 Å². The van der Waals surface area contributed by atoms with Crippen LogP contribution in [-0.2, 0) is 4.79 Å². The van der Waals surface area contributed by atoms with Crippen LogP contribution in [0.15, 0.2) is 0 Å². The minimum Gasteiger partial charge on any atom is -0.481 e. The van der Waals surface area contributed by atoms with Crippen LogP contribution < -0.4 is 0 Å². The first-order chi connectivity index (χ1) is 5.00. The standard InChI is InChI=1S/C9H16O2/c1-4-6-5-7(8(10)11)9(6,2)3/h6-7H,4-5H2,1-3H3,(H,10,11)/t6-,7-/m1/s1. The quantitative estimate of drug-likeness (QED) is 0.665. The summed E-state index contributed by atoms with van der Waals surface area (Å²) in [6.45, 7) is 6.25. The van der Waals surface area contributed by atoms with E-state index in [0.29, 0.717) is 5.92 Å². The summed E-state index contributed by atoms with van der Waals surface area (Å²) in [4.78, 5) is 10.7. The Morgan fingerprint density at radius 2 is 2.18 bits per heavy atom. The van der Waals surface area contributed by atoms with Gasteiger partial charge in [0.05, 0.1) is 5.92 Å². The molecule has 0 aliphatic heterocycles. The highest BCUT2D eigenvalue weighted by molar-refractivity contribution is 5.72. The highest BCUT2D eigenvalue weighted by atomic mass is 16.4. The van der Waals surface area contributed by atoms with Crippen LogP contribution in [0.5, 0.6) is 0 Å². The second-order valence-electron chi connectivity index (χ2n) is 4.05. The first kappa shape index (κ1) is 8.57. The topological polar surface area (TPSA) is 37.3 Å². The Morgan fingerprint density at radius 3 is 2.45 bits per heavy atom. The van der Waals surface area contributed by atoms with Gasteiger partial charge in [0.15, 0.2) is 0 Å². The number of hydrogen-bond acceptors (Lipinski definition) is 1. The summed E-state index contributed by atoms with van der Waals surface area (Å²) in [6.07, 6.45) is 1.98. The van der Waals surface area contributed by atoms with Gasteiger partial charge in [0.25, 0.3) is 0 Å². The maximum absolute atomic E-state index is 10.7. The summed E-state index contributed by atoms with van der Waals surface area (Å²) in [7, 11) is 0. The third-order valence-electron chi connectivity index (χ3n) is 3.26. The van der Waals surface area contributed by atoms with Crippen molar-refractivity contribution in [1.82, 2.24) is 0 Å². The molecule has 0 unspecified atom stereocenters. The third kappa shape index (κ3) is 1.15. The van der Waals surface area contributed by atoms with Crippen molar-refractivity contribution in [1.29, 1.82) is 0 Å². The molecule has 1 aliphatic carbocycles. The van der Waals surface area contributed by atoms with Gasteiger partial charge in [0.2, 0.25) is 0 Å². The fourth-order valence-corrected chi connectivity index (χ4v) is 2.13. The van der Waals surface area contributed by atoms with E-state index in [1.54, 1.807) is 0 Å². The number of rotatable bonds is 2. The van der Waals surface area contributed by atoms with Crippen molar-refractivity contribution in [2.45, 2.75) is 33.6 Å². The summed E-state index contributed by atoms with van der Waals surface area (Å²) < 4.78 is 0. The van der Waals surface area contributed by atoms with Crippen LogP contribution in [0.1, 0.15) is 33.6 Å². The number of carboxylic acids is 1. The molecular weight excluding hydrogens is 140 g/mol. The fraction of sp³-hybridized carbons (Fsp3) is 0.889. The fourth-order valence-electron chi connectivity index (χ4n) is 2.13. The average Bonchev–Trinajstić information content (AvgIpc) is 1.85. The highest BCUT2D eigenvalue weighted by Crippen LogP contribution is 2.52. The predicted molar refractivity (Wildman–Crippen MR) is 43.3 cm³/mol. The molecule has 0 aromatic heterocycles. The molecule has 2 nitrogen and oxygen atoms in total. The second kappa shape index (κ2) is 2.50. The Morgan fingerprint density at radius 1 is 1.64 bits per heavy atom.